The van der Waals surface area contributed by atoms with Gasteiger partial charge >= 0.3 is 6.36 Å². The quantitative estimate of drug-likeness (QED) is 0.493. The average Bonchev–Trinajstić information content (AvgIpc) is 3.04. The summed E-state index contributed by atoms with van der Waals surface area (Å²) in [5.74, 6) is -0.195. The highest BCUT2D eigenvalue weighted by Crippen LogP contribution is 2.24. The highest BCUT2D eigenvalue weighted by molar-refractivity contribution is 7.98. The molecule has 0 saturated carbocycles. The summed E-state index contributed by atoms with van der Waals surface area (Å²) in [6.07, 6.45) is -1.61. The number of benzene rings is 1. The lowest BCUT2D eigenvalue weighted by atomic mass is 10.3. The summed E-state index contributed by atoms with van der Waals surface area (Å²) in [6, 6.07) is 6.64. The number of fused-ring (bicyclic) bond motifs is 3. The predicted molar refractivity (Wildman–Crippen MR) is 90.1 cm³/mol. The molecule has 0 spiro atoms. The maximum absolute atomic E-state index is 12.8. The lowest BCUT2D eigenvalue weighted by Crippen LogP contribution is -2.21. The molecular formula is C15H9F3N6O2S. The van der Waals surface area contributed by atoms with Gasteiger partial charge in [-0.2, -0.15) is 9.50 Å². The van der Waals surface area contributed by atoms with Gasteiger partial charge in [0.15, 0.2) is 5.52 Å². The van der Waals surface area contributed by atoms with Crippen LogP contribution in [0.3, 0.4) is 0 Å². The summed E-state index contributed by atoms with van der Waals surface area (Å²) in [7, 11) is 0. The van der Waals surface area contributed by atoms with Crippen LogP contribution in [0.1, 0.15) is 0 Å². The van der Waals surface area contributed by atoms with Gasteiger partial charge in [-0.25, -0.2) is 0 Å². The molecular weight excluding hydrogens is 385 g/mol. The lowest BCUT2D eigenvalue weighted by Gasteiger charge is -2.11. The Hall–Kier alpha value is -3.15. The van der Waals surface area contributed by atoms with E-state index in [1.165, 1.54) is 34.6 Å². The average molecular weight is 394 g/mol. The van der Waals surface area contributed by atoms with Crippen molar-refractivity contribution in [3.63, 3.8) is 0 Å². The van der Waals surface area contributed by atoms with Gasteiger partial charge in [-0.15, -0.1) is 28.5 Å². The summed E-state index contributed by atoms with van der Waals surface area (Å²) in [5, 5.41) is 12.5. The molecule has 0 radical (unpaired) electrons. The van der Waals surface area contributed by atoms with Crippen LogP contribution in [-0.4, -0.2) is 42.0 Å². The molecule has 3 aromatic heterocycles. The molecule has 0 saturated heterocycles. The maximum atomic E-state index is 12.8. The van der Waals surface area contributed by atoms with Gasteiger partial charge < -0.3 is 4.74 Å². The molecule has 0 N–H and O–H groups in total. The second-order valence-corrected chi connectivity index (χ2v) is 6.05. The van der Waals surface area contributed by atoms with E-state index in [4.69, 9.17) is 0 Å². The molecule has 1 aromatic carbocycles. The third kappa shape index (κ3) is 3.18. The van der Waals surface area contributed by atoms with Gasteiger partial charge in [0.05, 0.1) is 5.69 Å². The predicted octanol–water partition coefficient (Wildman–Crippen LogP) is 2.44. The highest BCUT2D eigenvalue weighted by atomic mass is 32.2. The highest BCUT2D eigenvalue weighted by Gasteiger charge is 2.31. The number of aromatic nitrogens is 6. The van der Waals surface area contributed by atoms with Gasteiger partial charge in [0.2, 0.25) is 5.16 Å². The minimum atomic E-state index is -4.83. The van der Waals surface area contributed by atoms with Gasteiger partial charge in [0, 0.05) is 12.3 Å². The number of nitrogens with zero attached hydrogens (tertiary/aromatic N) is 6. The van der Waals surface area contributed by atoms with Gasteiger partial charge in [0.25, 0.3) is 11.3 Å². The summed E-state index contributed by atoms with van der Waals surface area (Å²) in [5.41, 5.74) is 0.0163. The summed E-state index contributed by atoms with van der Waals surface area (Å²) in [4.78, 5) is 16.9. The van der Waals surface area contributed by atoms with Crippen molar-refractivity contribution in [1.82, 2.24) is 29.4 Å². The van der Waals surface area contributed by atoms with Crippen molar-refractivity contribution < 1.29 is 17.9 Å². The topological polar surface area (TPSA) is 87.2 Å². The zero-order valence-corrected chi connectivity index (χ0v) is 14.3. The van der Waals surface area contributed by atoms with Crippen molar-refractivity contribution in [3.8, 4) is 11.4 Å². The SMILES string of the molecule is CSc1nc2nnc3c(=O)n(-c4cccc(OC(F)(F)F)c4)ccc3n2n1. The van der Waals surface area contributed by atoms with Crippen molar-refractivity contribution in [2.75, 3.05) is 6.26 Å². The third-order valence-corrected chi connectivity index (χ3v) is 4.13. The molecule has 27 heavy (non-hydrogen) atoms. The van der Waals surface area contributed by atoms with E-state index in [0.717, 1.165) is 16.7 Å². The molecule has 0 amide bonds. The molecule has 0 bridgehead atoms. The van der Waals surface area contributed by atoms with E-state index in [1.54, 1.807) is 12.3 Å². The Kier molecular flexibility index (Phi) is 3.98. The molecule has 3 heterocycles. The first kappa shape index (κ1) is 17.3. The number of ether oxygens (including phenoxy) is 1. The lowest BCUT2D eigenvalue weighted by molar-refractivity contribution is -0.274. The van der Waals surface area contributed by atoms with E-state index in [2.05, 4.69) is 25.0 Å². The van der Waals surface area contributed by atoms with E-state index in [1.807, 2.05) is 0 Å². The van der Waals surface area contributed by atoms with E-state index in [0.29, 0.717) is 10.7 Å². The molecule has 12 heteroatoms. The number of halogens is 3. The number of hydrogen-bond acceptors (Lipinski definition) is 7. The minimum Gasteiger partial charge on any atom is -0.406 e. The van der Waals surface area contributed by atoms with Crippen LogP contribution >= 0.6 is 11.8 Å². The van der Waals surface area contributed by atoms with E-state index >= 15 is 0 Å². The molecule has 4 rings (SSSR count). The Morgan fingerprint density at radius 3 is 2.74 bits per heavy atom. The maximum Gasteiger partial charge on any atom is 0.573 e. The molecule has 0 aliphatic carbocycles. The molecule has 4 aromatic rings. The zero-order chi connectivity index (χ0) is 19.2. The Bertz CT molecular complexity index is 1220. The Balaban J connectivity index is 1.86. The van der Waals surface area contributed by atoms with Crippen LogP contribution in [-0.2, 0) is 0 Å². The molecule has 0 fully saturated rings. The largest absolute Gasteiger partial charge is 0.573 e. The fourth-order valence-corrected chi connectivity index (χ4v) is 2.84. The number of thioether (sulfide) groups is 1. The van der Waals surface area contributed by atoms with Crippen LogP contribution < -0.4 is 10.3 Å². The molecule has 0 atom stereocenters. The monoisotopic (exact) mass is 394 g/mol. The summed E-state index contributed by atoms with van der Waals surface area (Å²) in [6.45, 7) is 0. The van der Waals surface area contributed by atoms with Crippen LogP contribution in [0.5, 0.6) is 5.75 Å². The van der Waals surface area contributed by atoms with Gasteiger partial charge in [-0.05, 0) is 24.5 Å². The molecule has 138 valence electrons. The first-order valence-electron chi connectivity index (χ1n) is 7.41. The Morgan fingerprint density at radius 2 is 2.00 bits per heavy atom. The fraction of sp³-hybridized carbons (Fsp3) is 0.133. The van der Waals surface area contributed by atoms with Gasteiger partial charge in [-0.1, -0.05) is 17.8 Å². The molecule has 0 unspecified atom stereocenters. The molecule has 0 aliphatic heterocycles. The van der Waals surface area contributed by atoms with Gasteiger partial charge in [-0.3, -0.25) is 9.36 Å². The molecule has 8 nitrogen and oxygen atoms in total. The molecule has 0 aliphatic rings. The van der Waals surface area contributed by atoms with Crippen molar-refractivity contribution in [2.24, 2.45) is 0 Å². The van der Waals surface area contributed by atoms with E-state index < -0.39 is 17.7 Å². The van der Waals surface area contributed by atoms with Gasteiger partial charge in [0.1, 0.15) is 11.3 Å². The van der Waals surface area contributed by atoms with Crippen LogP contribution in [0.25, 0.3) is 22.5 Å². The Labute approximate surface area is 152 Å². The zero-order valence-electron chi connectivity index (χ0n) is 13.5. The third-order valence-electron chi connectivity index (χ3n) is 3.60. The van der Waals surface area contributed by atoms with Crippen LogP contribution in [0, 0.1) is 0 Å². The fourth-order valence-electron chi connectivity index (χ4n) is 2.51. The Morgan fingerprint density at radius 1 is 1.19 bits per heavy atom. The smallest absolute Gasteiger partial charge is 0.406 e. The van der Waals surface area contributed by atoms with Crippen LogP contribution in [0.2, 0.25) is 0 Å². The van der Waals surface area contributed by atoms with Crippen molar-refractivity contribution in [3.05, 3.63) is 46.9 Å². The second kappa shape index (κ2) is 6.23. The standard InChI is InChI=1S/C15H9F3N6O2S/c1-27-14-19-13-21-20-11-10(24(13)22-14)5-6-23(12(11)25)8-3-2-4-9(7-8)26-15(16,17)18/h2-7H,1H3. The normalized spacial score (nSPS) is 12.0. The number of rotatable bonds is 3. The van der Waals surface area contributed by atoms with E-state index in [9.17, 15) is 18.0 Å². The first-order valence-corrected chi connectivity index (χ1v) is 8.63. The minimum absolute atomic E-state index is 0.00435. The van der Waals surface area contributed by atoms with E-state index in [-0.39, 0.29) is 17.0 Å². The van der Waals surface area contributed by atoms with Crippen molar-refractivity contribution in [2.45, 2.75) is 11.5 Å². The summed E-state index contributed by atoms with van der Waals surface area (Å²) >= 11 is 1.31. The number of hydrogen-bond donors (Lipinski definition) is 0. The first-order chi connectivity index (χ1) is 12.9. The van der Waals surface area contributed by atoms with Crippen molar-refractivity contribution in [1.29, 1.82) is 0 Å². The van der Waals surface area contributed by atoms with Crippen molar-refractivity contribution >= 4 is 28.6 Å². The van der Waals surface area contributed by atoms with Crippen LogP contribution in [0.15, 0.2) is 46.5 Å². The number of alkyl halides is 3. The second-order valence-electron chi connectivity index (χ2n) is 5.28. The van der Waals surface area contributed by atoms with Crippen LogP contribution in [0.4, 0.5) is 13.2 Å². The summed E-state index contributed by atoms with van der Waals surface area (Å²) < 4.78 is 43.7. The number of pyridine rings is 1.